The number of nitrogens with zero attached hydrogens (tertiary/aromatic N) is 3. The average molecular weight is 321 g/mol. The lowest BCUT2D eigenvalue weighted by atomic mass is 9.83. The summed E-state index contributed by atoms with van der Waals surface area (Å²) < 4.78 is 22.7. The lowest BCUT2D eigenvalue weighted by molar-refractivity contribution is -0.333. The Hall–Kier alpha value is -1.67. The van der Waals surface area contributed by atoms with Crippen molar-refractivity contribution in [1.82, 2.24) is 0 Å². The minimum Gasteiger partial charge on any atom is -0.396 e. The predicted molar refractivity (Wildman–Crippen MR) is 79.3 cm³/mol. The zero-order chi connectivity index (χ0) is 16.3. The van der Waals surface area contributed by atoms with Crippen LogP contribution in [-0.4, -0.2) is 49.5 Å². The van der Waals surface area contributed by atoms with Gasteiger partial charge in [-0.2, -0.15) is 0 Å². The monoisotopic (exact) mass is 321 g/mol. The number of fused-ring (bicyclic) bond motifs is 1. The first-order valence-corrected chi connectivity index (χ1v) is 7.40. The maximum atomic E-state index is 9.88. The van der Waals surface area contributed by atoms with Crippen LogP contribution >= 0.6 is 0 Å². The van der Waals surface area contributed by atoms with Crippen molar-refractivity contribution in [2.45, 2.75) is 36.7 Å². The van der Waals surface area contributed by atoms with Crippen LogP contribution in [0.2, 0.25) is 0 Å². The summed E-state index contributed by atoms with van der Waals surface area (Å²) >= 11 is 0. The minimum absolute atomic E-state index is 0.215. The summed E-state index contributed by atoms with van der Waals surface area (Å²) in [5.41, 5.74) is 8.64. The van der Waals surface area contributed by atoms with Crippen molar-refractivity contribution >= 4 is 0 Å². The van der Waals surface area contributed by atoms with Crippen LogP contribution in [0.5, 0.6) is 0 Å². The highest BCUT2D eigenvalue weighted by Crippen LogP contribution is 2.41. The van der Waals surface area contributed by atoms with Crippen molar-refractivity contribution < 1.29 is 24.1 Å². The molecular formula is C15H19N3O5. The van der Waals surface area contributed by atoms with Gasteiger partial charge in [0.15, 0.2) is 12.6 Å². The summed E-state index contributed by atoms with van der Waals surface area (Å²) in [4.78, 5) is 2.89. The van der Waals surface area contributed by atoms with Crippen molar-refractivity contribution in [2.24, 2.45) is 5.11 Å². The van der Waals surface area contributed by atoms with Gasteiger partial charge in [0.25, 0.3) is 0 Å². The van der Waals surface area contributed by atoms with Crippen molar-refractivity contribution in [2.75, 3.05) is 20.3 Å². The summed E-state index contributed by atoms with van der Waals surface area (Å²) in [6, 6.07) is 9.46. The first-order valence-electron chi connectivity index (χ1n) is 7.40. The molecule has 124 valence electrons. The van der Waals surface area contributed by atoms with Gasteiger partial charge in [-0.3, -0.25) is 0 Å². The quantitative estimate of drug-likeness (QED) is 0.518. The summed E-state index contributed by atoms with van der Waals surface area (Å²) in [5.74, 6) is 0. The Morgan fingerprint density at radius 2 is 2.17 bits per heavy atom. The molecule has 8 heteroatoms. The number of hydrogen-bond acceptors (Lipinski definition) is 6. The lowest BCUT2D eigenvalue weighted by Crippen LogP contribution is -2.62. The van der Waals surface area contributed by atoms with E-state index in [0.717, 1.165) is 5.56 Å². The molecule has 2 aliphatic rings. The normalized spacial score (nSPS) is 36.8. The highest BCUT2D eigenvalue weighted by atomic mass is 16.7. The predicted octanol–water partition coefficient (Wildman–Crippen LogP) is 1.90. The van der Waals surface area contributed by atoms with Crippen molar-refractivity contribution in [3.8, 4) is 0 Å². The number of ether oxygens (including phenoxy) is 4. The van der Waals surface area contributed by atoms with Crippen molar-refractivity contribution in [1.29, 1.82) is 0 Å². The fourth-order valence-corrected chi connectivity index (χ4v) is 3.06. The van der Waals surface area contributed by atoms with E-state index >= 15 is 0 Å². The molecule has 2 fully saturated rings. The third-order valence-corrected chi connectivity index (χ3v) is 4.25. The van der Waals surface area contributed by atoms with E-state index in [1.54, 1.807) is 0 Å². The molecule has 2 heterocycles. The van der Waals surface area contributed by atoms with Gasteiger partial charge in [-0.25, -0.2) is 0 Å². The van der Waals surface area contributed by atoms with Crippen LogP contribution in [-0.2, 0) is 18.9 Å². The second kappa shape index (κ2) is 6.84. The smallest absolute Gasteiger partial charge is 0.184 e. The Kier molecular flexibility index (Phi) is 4.82. The van der Waals surface area contributed by atoms with Crippen LogP contribution in [0, 0.1) is 0 Å². The van der Waals surface area contributed by atoms with E-state index < -0.39 is 30.3 Å². The SMILES string of the molecule is CO[C@@H]1C[C@](CO)(N=[N+]=[N-])[C@@H]2OC(c3ccccc3)OC[C@H]2O1. The molecule has 0 amide bonds. The Balaban J connectivity index is 1.88. The zero-order valence-corrected chi connectivity index (χ0v) is 12.7. The molecule has 3 rings (SSSR count). The van der Waals surface area contributed by atoms with E-state index in [-0.39, 0.29) is 19.6 Å². The number of azide groups is 1. The third kappa shape index (κ3) is 3.05. The molecule has 0 saturated carbocycles. The first-order chi connectivity index (χ1) is 11.2. The standard InChI is InChI=1S/C15H19N3O5/c1-20-12-7-15(9-19,17-18-16)13-11(22-12)8-21-14(23-13)10-5-3-2-4-6-10/h2-6,11-14,19H,7-9H2,1H3/t11-,12+,13-,14?,15-/m1/s1. The Bertz CT molecular complexity index is 580. The molecule has 2 saturated heterocycles. The molecule has 8 nitrogen and oxygen atoms in total. The van der Waals surface area contributed by atoms with Gasteiger partial charge in [0.1, 0.15) is 17.7 Å². The van der Waals surface area contributed by atoms with Crippen molar-refractivity contribution in [3.63, 3.8) is 0 Å². The Morgan fingerprint density at radius 3 is 2.83 bits per heavy atom. The summed E-state index contributed by atoms with van der Waals surface area (Å²) in [5, 5.41) is 13.7. The second-order valence-corrected chi connectivity index (χ2v) is 5.63. The second-order valence-electron chi connectivity index (χ2n) is 5.63. The molecule has 1 aromatic rings. The molecule has 1 aromatic carbocycles. The molecule has 0 aliphatic carbocycles. The largest absolute Gasteiger partial charge is 0.396 e. The van der Waals surface area contributed by atoms with Crippen LogP contribution in [0.25, 0.3) is 10.4 Å². The molecule has 23 heavy (non-hydrogen) atoms. The Labute approximate surface area is 133 Å². The van der Waals surface area contributed by atoms with Crippen LogP contribution in [0.4, 0.5) is 0 Å². The maximum absolute atomic E-state index is 9.88. The van der Waals surface area contributed by atoms with E-state index in [0.29, 0.717) is 0 Å². The van der Waals surface area contributed by atoms with Gasteiger partial charge in [-0.05, 0) is 5.53 Å². The summed E-state index contributed by atoms with van der Waals surface area (Å²) in [6.45, 7) is -0.101. The maximum Gasteiger partial charge on any atom is 0.184 e. The number of aliphatic hydroxyl groups excluding tert-OH is 1. The summed E-state index contributed by atoms with van der Waals surface area (Å²) in [6.07, 6.45) is -2.07. The van der Waals surface area contributed by atoms with Crippen molar-refractivity contribution in [3.05, 3.63) is 46.3 Å². The van der Waals surface area contributed by atoms with Crippen LogP contribution in [0.1, 0.15) is 18.3 Å². The highest BCUT2D eigenvalue weighted by Gasteiger charge is 2.53. The molecule has 1 N–H and O–H groups in total. The number of benzene rings is 1. The fourth-order valence-electron chi connectivity index (χ4n) is 3.06. The molecule has 0 bridgehead atoms. The van der Waals surface area contributed by atoms with E-state index in [1.165, 1.54) is 7.11 Å². The van der Waals surface area contributed by atoms with Gasteiger partial charge < -0.3 is 24.1 Å². The van der Waals surface area contributed by atoms with Crippen LogP contribution < -0.4 is 0 Å². The van der Waals surface area contributed by atoms with Crippen LogP contribution in [0.3, 0.4) is 0 Å². The number of hydrogen-bond donors (Lipinski definition) is 1. The number of methoxy groups -OCH3 is 1. The lowest BCUT2D eigenvalue weighted by Gasteiger charge is -2.49. The summed E-state index contributed by atoms with van der Waals surface area (Å²) in [7, 11) is 1.50. The molecule has 0 spiro atoms. The van der Waals surface area contributed by atoms with Gasteiger partial charge in [-0.1, -0.05) is 35.4 Å². The first kappa shape index (κ1) is 16.2. The average Bonchev–Trinajstić information content (AvgIpc) is 2.62. The molecule has 0 aromatic heterocycles. The van der Waals surface area contributed by atoms with Gasteiger partial charge in [-0.15, -0.1) is 0 Å². The topological polar surface area (TPSA) is 106 Å². The van der Waals surface area contributed by atoms with E-state index in [2.05, 4.69) is 10.0 Å². The van der Waals surface area contributed by atoms with E-state index in [4.69, 9.17) is 24.5 Å². The number of aliphatic hydroxyl groups is 1. The Morgan fingerprint density at radius 1 is 1.39 bits per heavy atom. The third-order valence-electron chi connectivity index (χ3n) is 4.25. The van der Waals surface area contributed by atoms with Gasteiger partial charge in [0.05, 0.1) is 13.2 Å². The van der Waals surface area contributed by atoms with Gasteiger partial charge >= 0.3 is 0 Å². The van der Waals surface area contributed by atoms with Gasteiger partial charge in [0.2, 0.25) is 0 Å². The fraction of sp³-hybridized carbons (Fsp3) is 0.600. The molecule has 5 atom stereocenters. The molecule has 2 aliphatic heterocycles. The zero-order valence-electron chi connectivity index (χ0n) is 12.7. The molecular weight excluding hydrogens is 302 g/mol. The number of rotatable bonds is 4. The van der Waals surface area contributed by atoms with Gasteiger partial charge in [0, 0.05) is 24.0 Å². The molecule has 0 radical (unpaired) electrons. The minimum atomic E-state index is -1.14. The highest BCUT2D eigenvalue weighted by molar-refractivity contribution is 5.17. The van der Waals surface area contributed by atoms with E-state index in [9.17, 15) is 5.11 Å². The van der Waals surface area contributed by atoms with E-state index in [1.807, 2.05) is 30.3 Å². The molecule has 1 unspecified atom stereocenters. The van der Waals surface area contributed by atoms with Crippen LogP contribution in [0.15, 0.2) is 35.4 Å².